The Bertz CT molecular complexity index is 1210. The first-order valence-corrected chi connectivity index (χ1v) is 10.8. The topological polar surface area (TPSA) is 91.0 Å². The largest absolute Gasteiger partial charge is 0.346 e. The third kappa shape index (κ3) is 3.81. The lowest BCUT2D eigenvalue weighted by Crippen LogP contribution is -2.38. The number of amides is 2. The van der Waals surface area contributed by atoms with Crippen molar-refractivity contribution in [1.82, 2.24) is 19.9 Å². The highest BCUT2D eigenvalue weighted by atomic mass is 35.5. The highest BCUT2D eigenvalue weighted by molar-refractivity contribution is 6.33. The van der Waals surface area contributed by atoms with Crippen molar-refractivity contribution in [3.8, 4) is 0 Å². The Balaban J connectivity index is 1.45. The standard InChI is InChI=1S/C23H22ClN5O2/c1-13-12-29(23(31)17-4-7-25-11-19(17)24)9-6-15(13)18-10-20(28-22(30)14-2-3-14)27-21-16(18)5-8-26-21/h4-8,10-11,13-14H,2-3,9,12H2,1H3,(H2,26,27,28,30). The van der Waals surface area contributed by atoms with Crippen LogP contribution in [-0.2, 0) is 4.79 Å². The van der Waals surface area contributed by atoms with Gasteiger partial charge in [0.05, 0.1) is 10.6 Å². The van der Waals surface area contributed by atoms with E-state index < -0.39 is 0 Å². The Kier molecular flexibility index (Phi) is 4.98. The molecule has 2 amide bonds. The van der Waals surface area contributed by atoms with Crippen molar-refractivity contribution in [3.63, 3.8) is 0 Å². The molecule has 8 heteroatoms. The summed E-state index contributed by atoms with van der Waals surface area (Å²) >= 11 is 6.17. The van der Waals surface area contributed by atoms with Gasteiger partial charge in [0.25, 0.3) is 5.91 Å². The Hall–Kier alpha value is -3.19. The first kappa shape index (κ1) is 19.8. The smallest absolute Gasteiger partial charge is 0.255 e. The van der Waals surface area contributed by atoms with Crippen molar-refractivity contribution in [2.75, 3.05) is 18.4 Å². The third-order valence-electron chi connectivity index (χ3n) is 5.89. The summed E-state index contributed by atoms with van der Waals surface area (Å²) in [6.45, 7) is 3.15. The number of carbonyl (C=O) groups excluding carboxylic acids is 2. The summed E-state index contributed by atoms with van der Waals surface area (Å²) < 4.78 is 0. The van der Waals surface area contributed by atoms with Gasteiger partial charge in [0, 0.05) is 43.0 Å². The molecule has 0 spiro atoms. The third-order valence-corrected chi connectivity index (χ3v) is 6.19. The van der Waals surface area contributed by atoms with Crippen molar-refractivity contribution in [2.45, 2.75) is 19.8 Å². The fourth-order valence-corrected chi connectivity index (χ4v) is 4.29. The van der Waals surface area contributed by atoms with E-state index in [-0.39, 0.29) is 23.7 Å². The molecule has 31 heavy (non-hydrogen) atoms. The van der Waals surface area contributed by atoms with Gasteiger partial charge in [-0.15, -0.1) is 0 Å². The minimum Gasteiger partial charge on any atom is -0.346 e. The van der Waals surface area contributed by atoms with Gasteiger partial charge in [-0.05, 0) is 48.1 Å². The molecule has 1 saturated carbocycles. The van der Waals surface area contributed by atoms with Crippen molar-refractivity contribution in [2.24, 2.45) is 11.8 Å². The zero-order valence-corrected chi connectivity index (χ0v) is 17.8. The Morgan fingerprint density at radius 1 is 1.29 bits per heavy atom. The predicted octanol–water partition coefficient (Wildman–Crippen LogP) is 4.14. The number of hydrogen-bond acceptors (Lipinski definition) is 4. The molecule has 1 aliphatic heterocycles. The Morgan fingerprint density at radius 3 is 2.87 bits per heavy atom. The second-order valence-corrected chi connectivity index (χ2v) is 8.59. The van der Waals surface area contributed by atoms with Gasteiger partial charge < -0.3 is 15.2 Å². The number of nitrogens with one attached hydrogen (secondary N) is 2. The van der Waals surface area contributed by atoms with Crippen LogP contribution in [-0.4, -0.2) is 44.8 Å². The molecular weight excluding hydrogens is 414 g/mol. The fourth-order valence-electron chi connectivity index (χ4n) is 4.09. The zero-order valence-electron chi connectivity index (χ0n) is 17.1. The van der Waals surface area contributed by atoms with Gasteiger partial charge in [0.2, 0.25) is 5.91 Å². The first-order chi connectivity index (χ1) is 15.0. The molecule has 5 rings (SSSR count). The van der Waals surface area contributed by atoms with Gasteiger partial charge in [-0.3, -0.25) is 14.6 Å². The van der Waals surface area contributed by atoms with Crippen LogP contribution in [0.3, 0.4) is 0 Å². The summed E-state index contributed by atoms with van der Waals surface area (Å²) in [7, 11) is 0. The van der Waals surface area contributed by atoms with E-state index in [9.17, 15) is 9.59 Å². The van der Waals surface area contributed by atoms with Crippen molar-refractivity contribution in [1.29, 1.82) is 0 Å². The maximum absolute atomic E-state index is 12.9. The van der Waals surface area contributed by atoms with Gasteiger partial charge in [-0.2, -0.15) is 0 Å². The number of H-pyrrole nitrogens is 1. The van der Waals surface area contributed by atoms with Gasteiger partial charge in [-0.25, -0.2) is 4.98 Å². The van der Waals surface area contributed by atoms with Crippen molar-refractivity contribution in [3.05, 3.63) is 59.0 Å². The molecule has 2 aliphatic rings. The Morgan fingerprint density at radius 2 is 2.13 bits per heavy atom. The quantitative estimate of drug-likeness (QED) is 0.644. The second-order valence-electron chi connectivity index (χ2n) is 8.18. The van der Waals surface area contributed by atoms with E-state index in [1.165, 1.54) is 6.20 Å². The minimum atomic E-state index is -0.103. The van der Waals surface area contributed by atoms with Crippen LogP contribution in [0.5, 0.6) is 0 Å². The van der Waals surface area contributed by atoms with Gasteiger partial charge in [0.15, 0.2) is 0 Å². The normalized spacial score (nSPS) is 18.7. The van der Waals surface area contributed by atoms with E-state index in [0.717, 1.165) is 35.0 Å². The second kappa shape index (κ2) is 7.81. The van der Waals surface area contributed by atoms with Crippen LogP contribution >= 0.6 is 11.6 Å². The monoisotopic (exact) mass is 435 g/mol. The van der Waals surface area contributed by atoms with Crippen LogP contribution in [0.2, 0.25) is 5.02 Å². The summed E-state index contributed by atoms with van der Waals surface area (Å²) in [6, 6.07) is 5.58. The lowest BCUT2D eigenvalue weighted by Gasteiger charge is -2.32. The summed E-state index contributed by atoms with van der Waals surface area (Å²) in [5.74, 6) is 0.689. The molecule has 1 atom stereocenters. The van der Waals surface area contributed by atoms with Gasteiger partial charge in [-0.1, -0.05) is 24.6 Å². The number of halogens is 1. The molecule has 1 aliphatic carbocycles. The van der Waals surface area contributed by atoms with E-state index >= 15 is 0 Å². The number of anilines is 1. The van der Waals surface area contributed by atoms with E-state index in [1.54, 1.807) is 17.2 Å². The number of rotatable bonds is 4. The molecule has 0 bridgehead atoms. The lowest BCUT2D eigenvalue weighted by atomic mass is 9.89. The molecule has 1 fully saturated rings. The molecule has 0 saturated heterocycles. The number of carbonyl (C=O) groups is 2. The van der Waals surface area contributed by atoms with Crippen LogP contribution in [0.25, 0.3) is 16.6 Å². The number of aromatic nitrogens is 3. The molecule has 4 heterocycles. The SMILES string of the molecule is CC1CN(C(=O)c2ccncc2Cl)CC=C1c1cc(NC(=O)C2CC2)nc2[nH]ccc12. The molecule has 3 aromatic rings. The Labute approximate surface area is 184 Å². The molecule has 2 N–H and O–H groups in total. The van der Waals surface area contributed by atoms with Crippen LogP contribution in [0.15, 0.2) is 42.9 Å². The summed E-state index contributed by atoms with van der Waals surface area (Å²) in [6.07, 6.45) is 8.87. The van der Waals surface area contributed by atoms with Gasteiger partial charge >= 0.3 is 0 Å². The van der Waals surface area contributed by atoms with E-state index in [2.05, 4.69) is 33.3 Å². The number of nitrogens with zero attached hydrogens (tertiary/aromatic N) is 3. The molecular formula is C23H22ClN5O2. The number of pyridine rings is 2. The average molecular weight is 436 g/mol. The van der Waals surface area contributed by atoms with Crippen molar-refractivity contribution < 1.29 is 9.59 Å². The van der Waals surface area contributed by atoms with Crippen molar-refractivity contribution >= 4 is 45.8 Å². The maximum Gasteiger partial charge on any atom is 0.255 e. The summed E-state index contributed by atoms with van der Waals surface area (Å²) in [5.41, 5.74) is 3.36. The molecule has 158 valence electrons. The lowest BCUT2D eigenvalue weighted by molar-refractivity contribution is -0.117. The molecule has 3 aromatic heterocycles. The number of hydrogen-bond donors (Lipinski definition) is 2. The van der Waals surface area contributed by atoms with E-state index in [0.29, 0.717) is 29.5 Å². The minimum absolute atomic E-state index is 0.0287. The zero-order chi connectivity index (χ0) is 21.5. The van der Waals surface area contributed by atoms with E-state index in [1.807, 2.05) is 18.3 Å². The molecule has 0 radical (unpaired) electrons. The van der Waals surface area contributed by atoms with Crippen LogP contribution in [0.4, 0.5) is 5.82 Å². The summed E-state index contributed by atoms with van der Waals surface area (Å²) in [5, 5.41) is 4.31. The highest BCUT2D eigenvalue weighted by Crippen LogP contribution is 2.35. The highest BCUT2D eigenvalue weighted by Gasteiger charge is 2.31. The molecule has 0 aromatic carbocycles. The fraction of sp³-hybridized carbons (Fsp3) is 0.304. The molecule has 1 unspecified atom stereocenters. The number of fused-ring (bicyclic) bond motifs is 1. The molecule has 7 nitrogen and oxygen atoms in total. The van der Waals surface area contributed by atoms with Crippen LogP contribution < -0.4 is 5.32 Å². The first-order valence-electron chi connectivity index (χ1n) is 10.4. The maximum atomic E-state index is 12.9. The average Bonchev–Trinajstić information content (AvgIpc) is 3.51. The summed E-state index contributed by atoms with van der Waals surface area (Å²) in [4.78, 5) is 38.6. The number of aromatic amines is 1. The van der Waals surface area contributed by atoms with E-state index in [4.69, 9.17) is 11.6 Å². The van der Waals surface area contributed by atoms with Crippen LogP contribution in [0.1, 0.15) is 35.7 Å². The van der Waals surface area contributed by atoms with Gasteiger partial charge in [0.1, 0.15) is 11.5 Å². The van der Waals surface area contributed by atoms with Crippen LogP contribution in [0, 0.1) is 11.8 Å². The predicted molar refractivity (Wildman–Crippen MR) is 120 cm³/mol.